The predicted molar refractivity (Wildman–Crippen MR) is 66.7 cm³/mol. The van der Waals surface area contributed by atoms with E-state index in [2.05, 4.69) is 21.1 Å². The lowest BCUT2D eigenvalue weighted by atomic mass is 10.0. The molecular formula is C12H13FN4O. The first-order valence-corrected chi connectivity index (χ1v) is 5.59. The van der Waals surface area contributed by atoms with Crippen molar-refractivity contribution in [2.24, 2.45) is 10.2 Å². The topological polar surface area (TPSA) is 65.8 Å². The van der Waals surface area contributed by atoms with E-state index in [4.69, 9.17) is 0 Å². The molecule has 1 aromatic carbocycles. The van der Waals surface area contributed by atoms with Crippen molar-refractivity contribution in [1.29, 1.82) is 0 Å². The Morgan fingerprint density at radius 1 is 1.33 bits per heavy atom. The Morgan fingerprint density at radius 3 is 2.67 bits per heavy atom. The van der Waals surface area contributed by atoms with Crippen LogP contribution in [0.2, 0.25) is 0 Å². The minimum Gasteiger partial charge on any atom is -0.291 e. The molecule has 0 amide bonds. The van der Waals surface area contributed by atoms with Gasteiger partial charge in [0.2, 0.25) is 5.84 Å². The fourth-order valence-electron chi connectivity index (χ4n) is 1.67. The minimum absolute atomic E-state index is 0.105. The van der Waals surface area contributed by atoms with E-state index >= 15 is 0 Å². The van der Waals surface area contributed by atoms with E-state index in [0.29, 0.717) is 12.0 Å². The third kappa shape index (κ3) is 2.22. The lowest BCUT2D eigenvalue weighted by Gasteiger charge is -2.16. The van der Waals surface area contributed by atoms with E-state index in [-0.39, 0.29) is 23.3 Å². The van der Waals surface area contributed by atoms with Crippen molar-refractivity contribution in [3.05, 3.63) is 35.1 Å². The van der Waals surface area contributed by atoms with Gasteiger partial charge in [0.05, 0.1) is 5.56 Å². The van der Waals surface area contributed by atoms with Crippen LogP contribution in [0.5, 0.6) is 0 Å². The normalized spacial score (nSPS) is 14.2. The number of carbonyl (C=O) groups is 1. The lowest BCUT2D eigenvalue weighted by Crippen LogP contribution is -2.38. The van der Waals surface area contributed by atoms with Crippen LogP contribution in [0.1, 0.15) is 25.0 Å². The highest BCUT2D eigenvalue weighted by Gasteiger charge is 2.18. The summed E-state index contributed by atoms with van der Waals surface area (Å²) >= 11 is 0. The van der Waals surface area contributed by atoms with Gasteiger partial charge >= 0.3 is 0 Å². The van der Waals surface area contributed by atoms with Crippen LogP contribution in [0.15, 0.2) is 28.4 Å². The van der Waals surface area contributed by atoms with E-state index in [1.807, 2.05) is 13.0 Å². The molecule has 1 aliphatic heterocycles. The number of rotatable bonds is 3. The molecule has 0 saturated heterocycles. The molecule has 0 bridgehead atoms. The van der Waals surface area contributed by atoms with E-state index in [9.17, 15) is 9.18 Å². The highest BCUT2D eigenvalue weighted by atomic mass is 19.1. The van der Waals surface area contributed by atoms with Gasteiger partial charge in [-0.05, 0) is 18.1 Å². The zero-order valence-corrected chi connectivity index (χ0v) is 10.1. The lowest BCUT2D eigenvalue weighted by molar-refractivity contribution is -0.111. The molecule has 2 rings (SSSR count). The summed E-state index contributed by atoms with van der Waals surface area (Å²) in [7, 11) is 0. The number of benzene rings is 1. The number of Topliss-reactive ketones (excluding diaryl/α,β-unsaturated/α-hetero) is 1. The third-order valence-electron chi connectivity index (χ3n) is 2.60. The van der Waals surface area contributed by atoms with E-state index in [1.165, 1.54) is 13.0 Å². The van der Waals surface area contributed by atoms with Gasteiger partial charge in [0, 0.05) is 6.92 Å². The number of halogens is 1. The van der Waals surface area contributed by atoms with Crippen LogP contribution in [0.4, 0.5) is 4.39 Å². The molecule has 0 spiro atoms. The summed E-state index contributed by atoms with van der Waals surface area (Å²) < 4.78 is 13.8. The molecule has 0 atom stereocenters. The minimum atomic E-state index is -0.371. The van der Waals surface area contributed by atoms with E-state index in [1.54, 1.807) is 6.07 Å². The van der Waals surface area contributed by atoms with Gasteiger partial charge in [-0.25, -0.2) is 4.39 Å². The molecule has 6 heteroatoms. The maximum absolute atomic E-state index is 13.8. The fourth-order valence-corrected chi connectivity index (χ4v) is 1.67. The second-order valence-electron chi connectivity index (χ2n) is 3.83. The first-order valence-electron chi connectivity index (χ1n) is 5.59. The molecule has 0 aromatic heterocycles. The van der Waals surface area contributed by atoms with Crippen LogP contribution in [0.3, 0.4) is 0 Å². The summed E-state index contributed by atoms with van der Waals surface area (Å²) in [5.41, 5.74) is 6.30. The number of amidine groups is 2. The maximum atomic E-state index is 13.8. The summed E-state index contributed by atoms with van der Waals surface area (Å²) in [6.07, 6.45) is 0.678. The Balaban J connectivity index is 2.33. The number of ketones is 1. The average Bonchev–Trinajstić information content (AvgIpc) is 2.38. The first kappa shape index (κ1) is 12.2. The number of hydrogen-bond donors (Lipinski definition) is 2. The van der Waals surface area contributed by atoms with Crippen molar-refractivity contribution >= 4 is 17.5 Å². The quantitative estimate of drug-likeness (QED) is 0.843. The standard InChI is InChI=1S/C12H13FN4O/c1-3-8-5-4-6-9(13)10(8)12-16-14-11(7(2)18)15-17-12/h4-6H,3H2,1-2H3,(H,14,15)(H,16,17). The van der Waals surface area contributed by atoms with Crippen LogP contribution >= 0.6 is 0 Å². The number of nitrogens with zero attached hydrogens (tertiary/aromatic N) is 2. The molecule has 1 heterocycles. The SMILES string of the molecule is CCc1cccc(F)c1C1=NNC(C(C)=O)=NN1. The molecule has 0 unspecified atom stereocenters. The monoisotopic (exact) mass is 248 g/mol. The van der Waals surface area contributed by atoms with Crippen LogP contribution in [-0.2, 0) is 11.2 Å². The molecule has 1 aliphatic rings. The van der Waals surface area contributed by atoms with Gasteiger partial charge in [-0.3, -0.25) is 15.6 Å². The summed E-state index contributed by atoms with van der Waals surface area (Å²) in [5.74, 6) is -0.235. The van der Waals surface area contributed by atoms with Gasteiger partial charge < -0.3 is 0 Å². The summed E-state index contributed by atoms with van der Waals surface area (Å²) in [6.45, 7) is 3.30. The number of hydrazone groups is 2. The van der Waals surface area contributed by atoms with E-state index < -0.39 is 0 Å². The van der Waals surface area contributed by atoms with Crippen LogP contribution in [0, 0.1) is 5.82 Å². The first-order chi connectivity index (χ1) is 8.63. The highest BCUT2D eigenvalue weighted by Crippen LogP contribution is 2.15. The van der Waals surface area contributed by atoms with Crippen LogP contribution < -0.4 is 10.9 Å². The Kier molecular flexibility index (Phi) is 3.36. The molecule has 5 nitrogen and oxygen atoms in total. The smallest absolute Gasteiger partial charge is 0.209 e. The molecule has 2 N–H and O–H groups in total. The zero-order valence-electron chi connectivity index (χ0n) is 10.1. The third-order valence-corrected chi connectivity index (χ3v) is 2.60. The summed E-state index contributed by atoms with van der Waals surface area (Å²) in [6, 6.07) is 4.84. The molecule has 1 aromatic rings. The molecule has 0 fully saturated rings. The van der Waals surface area contributed by atoms with Gasteiger partial charge in [0.1, 0.15) is 5.82 Å². The number of aryl methyl sites for hydroxylation is 1. The molecular weight excluding hydrogens is 235 g/mol. The Bertz CT molecular complexity index is 551. The van der Waals surface area contributed by atoms with Crippen molar-refractivity contribution < 1.29 is 9.18 Å². The average molecular weight is 248 g/mol. The molecule has 94 valence electrons. The number of hydrogen-bond acceptors (Lipinski definition) is 5. The Hall–Kier alpha value is -2.24. The van der Waals surface area contributed by atoms with Crippen molar-refractivity contribution in [2.75, 3.05) is 0 Å². The van der Waals surface area contributed by atoms with Crippen LogP contribution in [-0.4, -0.2) is 17.5 Å². The van der Waals surface area contributed by atoms with E-state index in [0.717, 1.165) is 5.56 Å². The predicted octanol–water partition coefficient (Wildman–Crippen LogP) is 1.14. The number of carbonyl (C=O) groups excluding carboxylic acids is 1. The van der Waals surface area contributed by atoms with Gasteiger partial charge in [-0.1, -0.05) is 19.1 Å². The van der Waals surface area contributed by atoms with Crippen molar-refractivity contribution in [3.63, 3.8) is 0 Å². The highest BCUT2D eigenvalue weighted by molar-refractivity contribution is 6.38. The fraction of sp³-hybridized carbons (Fsp3) is 0.250. The second-order valence-corrected chi connectivity index (χ2v) is 3.83. The van der Waals surface area contributed by atoms with Crippen molar-refractivity contribution in [2.45, 2.75) is 20.3 Å². The van der Waals surface area contributed by atoms with Crippen molar-refractivity contribution in [3.8, 4) is 0 Å². The van der Waals surface area contributed by atoms with Gasteiger partial charge in [-0.2, -0.15) is 10.2 Å². The largest absolute Gasteiger partial charge is 0.291 e. The molecule has 0 saturated carbocycles. The maximum Gasteiger partial charge on any atom is 0.209 e. The molecule has 0 radical (unpaired) electrons. The Labute approximate surface area is 104 Å². The van der Waals surface area contributed by atoms with Gasteiger partial charge in [0.15, 0.2) is 11.6 Å². The van der Waals surface area contributed by atoms with Gasteiger partial charge in [0.25, 0.3) is 0 Å². The Morgan fingerprint density at radius 2 is 2.11 bits per heavy atom. The molecule has 0 aliphatic carbocycles. The van der Waals surface area contributed by atoms with Gasteiger partial charge in [-0.15, -0.1) is 0 Å². The van der Waals surface area contributed by atoms with Crippen LogP contribution in [0.25, 0.3) is 0 Å². The second kappa shape index (κ2) is 4.95. The molecule has 18 heavy (non-hydrogen) atoms. The summed E-state index contributed by atoms with van der Waals surface area (Å²) in [4.78, 5) is 11.1. The summed E-state index contributed by atoms with van der Waals surface area (Å²) in [5, 5.41) is 7.75. The van der Waals surface area contributed by atoms with Crippen molar-refractivity contribution in [1.82, 2.24) is 10.9 Å². The zero-order chi connectivity index (χ0) is 13.1. The number of nitrogens with one attached hydrogen (secondary N) is 2.